The smallest absolute Gasteiger partial charge is 0.252 e. The number of nitrogens with two attached hydrogens (primary N) is 1. The van der Waals surface area contributed by atoms with Crippen LogP contribution in [0.4, 0.5) is 10.1 Å². The van der Waals surface area contributed by atoms with Gasteiger partial charge in [0.25, 0.3) is 10.0 Å². The monoisotopic (exact) mass is 314 g/mol. The summed E-state index contributed by atoms with van der Waals surface area (Å²) in [6, 6.07) is 6.83. The number of hydrogen-bond donors (Lipinski definition) is 1. The van der Waals surface area contributed by atoms with Crippen molar-refractivity contribution in [3.63, 3.8) is 0 Å². The van der Waals surface area contributed by atoms with Gasteiger partial charge in [-0.1, -0.05) is 12.1 Å². The second kappa shape index (κ2) is 5.51. The summed E-state index contributed by atoms with van der Waals surface area (Å²) in [5, 5.41) is 1.59. The lowest BCUT2D eigenvalue weighted by Gasteiger charge is -2.24. The number of nitrogens with zero attached hydrogens (tertiary/aromatic N) is 1. The molecule has 0 aliphatic carbocycles. The van der Waals surface area contributed by atoms with E-state index in [-0.39, 0.29) is 10.0 Å². The lowest BCUT2D eigenvalue weighted by Crippen LogP contribution is -2.29. The molecule has 1 unspecified atom stereocenters. The molecule has 0 radical (unpaired) electrons. The van der Waals surface area contributed by atoms with Gasteiger partial charge < -0.3 is 5.73 Å². The van der Waals surface area contributed by atoms with Crippen molar-refractivity contribution in [2.24, 2.45) is 0 Å². The van der Waals surface area contributed by atoms with Crippen molar-refractivity contribution in [2.75, 3.05) is 12.8 Å². The van der Waals surface area contributed by atoms with E-state index in [2.05, 4.69) is 0 Å². The van der Waals surface area contributed by atoms with Crippen LogP contribution in [0.5, 0.6) is 0 Å². The summed E-state index contributed by atoms with van der Waals surface area (Å²) < 4.78 is 39.2. The van der Waals surface area contributed by atoms with E-state index in [1.165, 1.54) is 29.6 Å². The number of sulfonamides is 1. The molecule has 108 valence electrons. The first-order chi connectivity index (χ1) is 9.32. The Labute approximate surface area is 121 Å². The fourth-order valence-electron chi connectivity index (χ4n) is 1.77. The molecule has 4 nitrogen and oxygen atoms in total. The van der Waals surface area contributed by atoms with Crippen molar-refractivity contribution in [1.82, 2.24) is 4.31 Å². The highest BCUT2D eigenvalue weighted by atomic mass is 32.2. The maximum absolute atomic E-state index is 12.9. The van der Waals surface area contributed by atoms with Gasteiger partial charge in [0.1, 0.15) is 10.0 Å². The van der Waals surface area contributed by atoms with Crippen LogP contribution in [0.15, 0.2) is 39.9 Å². The van der Waals surface area contributed by atoms with Gasteiger partial charge in [-0.05, 0) is 30.7 Å². The van der Waals surface area contributed by atoms with Crippen molar-refractivity contribution >= 4 is 27.0 Å². The van der Waals surface area contributed by atoms with Gasteiger partial charge in [-0.25, -0.2) is 12.8 Å². The minimum Gasteiger partial charge on any atom is -0.398 e. The van der Waals surface area contributed by atoms with E-state index < -0.39 is 16.1 Å². The van der Waals surface area contributed by atoms with Crippen LogP contribution in [0.1, 0.15) is 18.5 Å². The first-order valence-corrected chi connectivity index (χ1v) is 8.22. The zero-order valence-corrected chi connectivity index (χ0v) is 12.7. The van der Waals surface area contributed by atoms with Crippen molar-refractivity contribution in [2.45, 2.75) is 17.2 Å². The Morgan fingerprint density at radius 1 is 1.30 bits per heavy atom. The molecule has 2 aromatic rings. The zero-order valence-electron chi connectivity index (χ0n) is 11.1. The average Bonchev–Trinajstić information content (AvgIpc) is 2.85. The maximum Gasteiger partial charge on any atom is 0.252 e. The molecule has 1 aromatic heterocycles. The molecule has 0 fully saturated rings. The maximum atomic E-state index is 12.9. The predicted molar refractivity (Wildman–Crippen MR) is 78.5 cm³/mol. The van der Waals surface area contributed by atoms with Gasteiger partial charge in [0.05, 0.1) is 0 Å². The van der Waals surface area contributed by atoms with Gasteiger partial charge in [0.2, 0.25) is 0 Å². The fourth-order valence-corrected chi connectivity index (χ4v) is 4.38. The lowest BCUT2D eigenvalue weighted by molar-refractivity contribution is 0.399. The van der Waals surface area contributed by atoms with Gasteiger partial charge in [-0.3, -0.25) is 0 Å². The van der Waals surface area contributed by atoms with E-state index in [9.17, 15) is 12.8 Å². The largest absolute Gasteiger partial charge is 0.398 e. The second-order valence-electron chi connectivity index (χ2n) is 4.45. The van der Waals surface area contributed by atoms with Crippen LogP contribution >= 0.6 is 11.3 Å². The molecular formula is C13H15FN2O2S2. The van der Waals surface area contributed by atoms with E-state index in [1.807, 2.05) is 0 Å². The van der Waals surface area contributed by atoms with Gasteiger partial charge in [-0.2, -0.15) is 4.31 Å². The number of rotatable bonds is 4. The molecule has 0 saturated carbocycles. The topological polar surface area (TPSA) is 63.4 Å². The van der Waals surface area contributed by atoms with E-state index in [4.69, 9.17) is 5.73 Å². The number of hydrogen-bond acceptors (Lipinski definition) is 4. The molecule has 0 amide bonds. The summed E-state index contributed by atoms with van der Waals surface area (Å²) in [4.78, 5) is 0. The Bertz CT molecular complexity index is 695. The molecule has 1 aromatic carbocycles. The minimum atomic E-state index is -3.60. The third-order valence-electron chi connectivity index (χ3n) is 3.13. The first kappa shape index (κ1) is 15.0. The number of halogens is 1. The highest BCUT2D eigenvalue weighted by Gasteiger charge is 2.27. The molecule has 0 saturated heterocycles. The average molecular weight is 314 g/mol. The first-order valence-electron chi connectivity index (χ1n) is 5.90. The molecule has 0 bridgehead atoms. The summed E-state index contributed by atoms with van der Waals surface area (Å²) in [6.07, 6.45) is 0. The molecule has 0 spiro atoms. The molecule has 20 heavy (non-hydrogen) atoms. The molecular weight excluding hydrogens is 299 g/mol. The Morgan fingerprint density at radius 3 is 2.40 bits per heavy atom. The molecule has 7 heteroatoms. The van der Waals surface area contributed by atoms with Crippen LogP contribution in [0.2, 0.25) is 0 Å². The second-order valence-corrected chi connectivity index (χ2v) is 7.58. The summed E-state index contributed by atoms with van der Waals surface area (Å²) in [6.45, 7) is 1.75. The zero-order chi connectivity index (χ0) is 14.9. The quantitative estimate of drug-likeness (QED) is 0.944. The Balaban J connectivity index is 2.30. The van der Waals surface area contributed by atoms with E-state index >= 15 is 0 Å². The number of anilines is 1. The van der Waals surface area contributed by atoms with E-state index in [0.29, 0.717) is 5.69 Å². The lowest BCUT2D eigenvalue weighted by atomic mass is 10.1. The Hall–Kier alpha value is -1.44. The van der Waals surface area contributed by atoms with E-state index in [1.54, 1.807) is 24.4 Å². The normalized spacial score (nSPS) is 13.6. The van der Waals surface area contributed by atoms with Crippen LogP contribution in [0, 0.1) is 5.82 Å². The molecule has 2 N–H and O–H groups in total. The van der Waals surface area contributed by atoms with Crippen molar-refractivity contribution in [1.29, 1.82) is 0 Å². The molecule has 1 atom stereocenters. The standard InChI is InChI=1S/C13H15FN2O2S2/c1-9(10-3-5-11(14)6-4-10)16(2)20(17,18)13-7-12(15)8-19-13/h3-9H,15H2,1-2H3. The van der Waals surface area contributed by atoms with E-state index in [0.717, 1.165) is 16.9 Å². The van der Waals surface area contributed by atoms with Gasteiger partial charge in [0, 0.05) is 24.2 Å². The number of benzene rings is 1. The SMILES string of the molecule is CC(c1ccc(F)cc1)N(C)S(=O)(=O)c1cc(N)cs1. The van der Waals surface area contributed by atoms with Gasteiger partial charge in [-0.15, -0.1) is 11.3 Å². The van der Waals surface area contributed by atoms with Crippen molar-refractivity contribution < 1.29 is 12.8 Å². The summed E-state index contributed by atoms with van der Waals surface area (Å²) in [5.74, 6) is -0.350. The Morgan fingerprint density at radius 2 is 1.90 bits per heavy atom. The molecule has 1 heterocycles. The highest BCUT2D eigenvalue weighted by Crippen LogP contribution is 2.29. The predicted octanol–water partition coefficient (Wildman–Crippen LogP) is 2.85. The van der Waals surface area contributed by atoms with Crippen LogP contribution in [0.25, 0.3) is 0 Å². The molecule has 0 aliphatic rings. The van der Waals surface area contributed by atoms with Crippen LogP contribution < -0.4 is 5.73 Å². The number of nitrogen functional groups attached to an aromatic ring is 1. The Kier molecular flexibility index (Phi) is 4.12. The summed E-state index contributed by atoms with van der Waals surface area (Å²) in [5.41, 5.74) is 6.72. The van der Waals surface area contributed by atoms with Crippen LogP contribution in [-0.2, 0) is 10.0 Å². The van der Waals surface area contributed by atoms with Crippen molar-refractivity contribution in [3.05, 3.63) is 47.1 Å². The molecule has 2 rings (SSSR count). The third-order valence-corrected chi connectivity index (χ3v) is 6.49. The number of thiophene rings is 1. The minimum absolute atomic E-state index is 0.200. The summed E-state index contributed by atoms with van der Waals surface area (Å²) in [7, 11) is -2.10. The van der Waals surface area contributed by atoms with Gasteiger partial charge >= 0.3 is 0 Å². The van der Waals surface area contributed by atoms with Gasteiger partial charge in [0.15, 0.2) is 0 Å². The van der Waals surface area contributed by atoms with Crippen molar-refractivity contribution in [3.8, 4) is 0 Å². The van der Waals surface area contributed by atoms with Crippen LogP contribution in [0.3, 0.4) is 0 Å². The molecule has 0 aliphatic heterocycles. The summed E-state index contributed by atoms with van der Waals surface area (Å²) >= 11 is 1.09. The fraction of sp³-hybridized carbons (Fsp3) is 0.231. The highest BCUT2D eigenvalue weighted by molar-refractivity contribution is 7.91. The third kappa shape index (κ3) is 2.84. The van der Waals surface area contributed by atoms with Crippen LogP contribution in [-0.4, -0.2) is 19.8 Å².